The minimum Gasteiger partial charge on any atom is -0.482 e. The van der Waals surface area contributed by atoms with Crippen molar-refractivity contribution in [2.75, 3.05) is 6.61 Å². The number of nitrogens with one attached hydrogen (secondary N) is 2. The molecule has 1 aliphatic carbocycles. The fourth-order valence-corrected chi connectivity index (χ4v) is 2.88. The van der Waals surface area contributed by atoms with Gasteiger partial charge in [0.1, 0.15) is 5.75 Å². The lowest BCUT2D eigenvalue weighted by Gasteiger charge is -2.15. The van der Waals surface area contributed by atoms with Crippen LogP contribution in [0.15, 0.2) is 24.3 Å². The molecule has 0 bridgehead atoms. The number of hydrogen-bond acceptors (Lipinski definition) is 5. The van der Waals surface area contributed by atoms with Crippen molar-refractivity contribution in [1.82, 2.24) is 10.6 Å². The second-order valence-electron chi connectivity index (χ2n) is 7.09. The molecule has 1 fully saturated rings. The largest absolute Gasteiger partial charge is 0.482 e. The molecule has 2 N–H and O–H groups in total. The van der Waals surface area contributed by atoms with Crippen LogP contribution >= 0.6 is 0 Å². The van der Waals surface area contributed by atoms with Gasteiger partial charge in [0.15, 0.2) is 12.7 Å². The average Bonchev–Trinajstić information content (AvgIpc) is 3.13. The van der Waals surface area contributed by atoms with Crippen LogP contribution in [0.5, 0.6) is 5.75 Å². The molecule has 1 atom stereocenters. The van der Waals surface area contributed by atoms with Gasteiger partial charge in [-0.05, 0) is 43.4 Å². The van der Waals surface area contributed by atoms with E-state index >= 15 is 0 Å². The van der Waals surface area contributed by atoms with E-state index in [1.165, 1.54) is 12.5 Å². The predicted molar refractivity (Wildman–Crippen MR) is 101 cm³/mol. The van der Waals surface area contributed by atoms with E-state index < -0.39 is 24.0 Å². The highest BCUT2D eigenvalue weighted by Crippen LogP contribution is 2.19. The van der Waals surface area contributed by atoms with Crippen LogP contribution in [0.25, 0.3) is 0 Å². The van der Waals surface area contributed by atoms with Crippen molar-refractivity contribution in [2.45, 2.75) is 64.5 Å². The molecule has 0 radical (unpaired) electrons. The summed E-state index contributed by atoms with van der Waals surface area (Å²) in [6.45, 7) is 5.28. The van der Waals surface area contributed by atoms with E-state index in [-0.39, 0.29) is 12.6 Å². The molecule has 2 rings (SSSR count). The molecule has 1 aliphatic rings. The average molecular weight is 376 g/mol. The molecule has 3 amide bonds. The Morgan fingerprint density at radius 1 is 1.07 bits per heavy atom. The van der Waals surface area contributed by atoms with Gasteiger partial charge in [-0.15, -0.1) is 0 Å². The molecule has 1 aromatic rings. The molecular formula is C20H28N2O5. The number of esters is 1. The van der Waals surface area contributed by atoms with Crippen LogP contribution in [-0.4, -0.2) is 36.7 Å². The second-order valence-corrected chi connectivity index (χ2v) is 7.09. The highest BCUT2D eigenvalue weighted by molar-refractivity contribution is 5.97. The monoisotopic (exact) mass is 376 g/mol. The Bertz CT molecular complexity index is 651. The molecule has 1 aromatic carbocycles. The smallest absolute Gasteiger partial charge is 0.344 e. The quantitative estimate of drug-likeness (QED) is 0.714. The molecule has 1 saturated carbocycles. The zero-order valence-corrected chi connectivity index (χ0v) is 16.1. The van der Waals surface area contributed by atoms with Gasteiger partial charge in [-0.1, -0.05) is 38.8 Å². The summed E-state index contributed by atoms with van der Waals surface area (Å²) < 4.78 is 10.4. The molecule has 148 valence electrons. The van der Waals surface area contributed by atoms with Crippen molar-refractivity contribution < 1.29 is 23.9 Å². The fourth-order valence-electron chi connectivity index (χ4n) is 2.88. The minimum absolute atomic E-state index is 0.103. The maximum Gasteiger partial charge on any atom is 0.344 e. The summed E-state index contributed by atoms with van der Waals surface area (Å²) in [5, 5.41) is 4.94. The Morgan fingerprint density at radius 2 is 1.70 bits per heavy atom. The highest BCUT2D eigenvalue weighted by atomic mass is 16.6. The Kier molecular flexibility index (Phi) is 7.64. The number of carbonyl (C=O) groups is 3. The molecule has 0 spiro atoms. The zero-order chi connectivity index (χ0) is 19.8. The first-order chi connectivity index (χ1) is 12.8. The van der Waals surface area contributed by atoms with Gasteiger partial charge in [-0.25, -0.2) is 9.59 Å². The van der Waals surface area contributed by atoms with Gasteiger partial charge >= 0.3 is 12.0 Å². The minimum atomic E-state index is -1.08. The first-order valence-electron chi connectivity index (χ1n) is 9.38. The zero-order valence-electron chi connectivity index (χ0n) is 16.1. The molecule has 0 heterocycles. The SMILES string of the molecule is CC(C)c1ccc(OCC(=O)O[C@@H](C)C(=O)NC(=O)NC2CCCC2)cc1. The van der Waals surface area contributed by atoms with Crippen molar-refractivity contribution in [1.29, 1.82) is 0 Å². The van der Waals surface area contributed by atoms with Crippen molar-refractivity contribution in [3.63, 3.8) is 0 Å². The summed E-state index contributed by atoms with van der Waals surface area (Å²) in [4.78, 5) is 35.6. The number of amides is 3. The van der Waals surface area contributed by atoms with E-state index in [2.05, 4.69) is 24.5 Å². The van der Waals surface area contributed by atoms with Crippen molar-refractivity contribution in [3.05, 3.63) is 29.8 Å². The topological polar surface area (TPSA) is 93.7 Å². The van der Waals surface area contributed by atoms with Crippen molar-refractivity contribution in [2.24, 2.45) is 0 Å². The van der Waals surface area contributed by atoms with Gasteiger partial charge in [-0.3, -0.25) is 10.1 Å². The first kappa shape index (κ1) is 20.7. The van der Waals surface area contributed by atoms with E-state index in [0.717, 1.165) is 25.7 Å². The highest BCUT2D eigenvalue weighted by Gasteiger charge is 2.22. The molecule has 7 nitrogen and oxygen atoms in total. The summed E-state index contributed by atoms with van der Waals surface area (Å²) in [6.07, 6.45) is 2.91. The van der Waals surface area contributed by atoms with Gasteiger partial charge in [0.25, 0.3) is 5.91 Å². The number of benzene rings is 1. The molecule has 0 aliphatic heterocycles. The lowest BCUT2D eigenvalue weighted by molar-refractivity contribution is -0.156. The van der Waals surface area contributed by atoms with Crippen LogP contribution in [0.3, 0.4) is 0 Å². The van der Waals surface area contributed by atoms with Crippen LogP contribution < -0.4 is 15.4 Å². The number of rotatable bonds is 7. The summed E-state index contributed by atoms with van der Waals surface area (Å²) in [5.41, 5.74) is 1.17. The molecular weight excluding hydrogens is 348 g/mol. The van der Waals surface area contributed by atoms with Gasteiger partial charge in [0, 0.05) is 6.04 Å². The van der Waals surface area contributed by atoms with Crippen LogP contribution in [0, 0.1) is 0 Å². The Morgan fingerprint density at radius 3 is 2.30 bits per heavy atom. The maximum atomic E-state index is 11.9. The number of imide groups is 1. The fraction of sp³-hybridized carbons (Fsp3) is 0.550. The molecule has 27 heavy (non-hydrogen) atoms. The van der Waals surface area contributed by atoms with E-state index in [1.54, 1.807) is 12.1 Å². The van der Waals surface area contributed by atoms with Gasteiger partial charge in [-0.2, -0.15) is 0 Å². The number of carbonyl (C=O) groups excluding carboxylic acids is 3. The lowest BCUT2D eigenvalue weighted by atomic mass is 10.0. The molecule has 0 aromatic heterocycles. The van der Waals surface area contributed by atoms with E-state index in [9.17, 15) is 14.4 Å². The third kappa shape index (κ3) is 6.92. The Hall–Kier alpha value is -2.57. The van der Waals surface area contributed by atoms with Gasteiger partial charge < -0.3 is 14.8 Å². The van der Waals surface area contributed by atoms with Crippen molar-refractivity contribution in [3.8, 4) is 5.75 Å². The van der Waals surface area contributed by atoms with Crippen LogP contribution in [-0.2, 0) is 14.3 Å². The van der Waals surface area contributed by atoms with Crippen LogP contribution in [0.2, 0.25) is 0 Å². The normalized spacial score (nSPS) is 15.3. The van der Waals surface area contributed by atoms with Crippen molar-refractivity contribution >= 4 is 17.9 Å². The molecule has 7 heteroatoms. The van der Waals surface area contributed by atoms with E-state index in [0.29, 0.717) is 11.7 Å². The summed E-state index contributed by atoms with van der Waals surface area (Å²) in [7, 11) is 0. The van der Waals surface area contributed by atoms with E-state index in [1.807, 2.05) is 12.1 Å². The first-order valence-corrected chi connectivity index (χ1v) is 9.38. The number of urea groups is 1. The molecule has 0 unspecified atom stereocenters. The Balaban J connectivity index is 1.70. The lowest BCUT2D eigenvalue weighted by Crippen LogP contribution is -2.47. The van der Waals surface area contributed by atoms with Gasteiger partial charge in [0.05, 0.1) is 0 Å². The summed E-state index contributed by atoms with van der Waals surface area (Å²) >= 11 is 0. The van der Waals surface area contributed by atoms with E-state index in [4.69, 9.17) is 9.47 Å². The van der Waals surface area contributed by atoms with Gasteiger partial charge in [0.2, 0.25) is 0 Å². The second kappa shape index (κ2) is 9.94. The number of ether oxygens (including phenoxy) is 2. The summed E-state index contributed by atoms with van der Waals surface area (Å²) in [5.74, 6) is -0.388. The maximum absolute atomic E-state index is 11.9. The predicted octanol–water partition coefficient (Wildman–Crippen LogP) is 2.89. The van der Waals surface area contributed by atoms with Crippen LogP contribution in [0.4, 0.5) is 4.79 Å². The van der Waals surface area contributed by atoms with Crippen LogP contribution in [0.1, 0.15) is 57.9 Å². The third-order valence-corrected chi connectivity index (χ3v) is 4.51. The standard InChI is InChI=1S/C20H28N2O5/c1-13(2)15-8-10-17(11-9-15)26-12-18(23)27-14(3)19(24)22-20(25)21-16-6-4-5-7-16/h8-11,13-14,16H,4-7,12H2,1-3H3,(H2,21,22,24,25)/t14-/m0/s1. The Labute approximate surface area is 159 Å². The number of hydrogen-bond donors (Lipinski definition) is 2. The third-order valence-electron chi connectivity index (χ3n) is 4.51. The summed E-state index contributed by atoms with van der Waals surface area (Å²) in [6, 6.07) is 6.98. The molecule has 0 saturated heterocycles.